The SMILES string of the molecule is Cn1c(=O)n(C)c2cc(-c3ccccc3-c3nc(-c4ccccc4)nc(-c4ccccc4-c4c5ccccc5c(-c5ccccc5)c5ccccc45)n3)ccc21. The van der Waals surface area contributed by atoms with E-state index >= 15 is 0 Å². The van der Waals surface area contributed by atoms with Crippen LogP contribution in [0.15, 0.2) is 181 Å². The van der Waals surface area contributed by atoms with E-state index in [2.05, 4.69) is 127 Å². The summed E-state index contributed by atoms with van der Waals surface area (Å²) in [4.78, 5) is 28.5. The van der Waals surface area contributed by atoms with Crippen LogP contribution in [0, 0.1) is 0 Å². The third-order valence-corrected chi connectivity index (χ3v) is 10.8. The van der Waals surface area contributed by atoms with Gasteiger partial charge in [-0.2, -0.15) is 0 Å². The fourth-order valence-electron chi connectivity index (χ4n) is 8.17. The lowest BCUT2D eigenvalue weighted by atomic mass is 9.84. The van der Waals surface area contributed by atoms with Gasteiger partial charge in [-0.3, -0.25) is 9.13 Å². The van der Waals surface area contributed by atoms with E-state index in [0.29, 0.717) is 17.5 Å². The molecule has 266 valence electrons. The number of aromatic nitrogens is 5. The van der Waals surface area contributed by atoms with E-state index < -0.39 is 0 Å². The van der Waals surface area contributed by atoms with E-state index in [1.165, 1.54) is 21.9 Å². The highest BCUT2D eigenvalue weighted by Crippen LogP contribution is 2.46. The molecule has 0 unspecified atom stereocenters. The third kappa shape index (κ3) is 5.42. The van der Waals surface area contributed by atoms with Gasteiger partial charge in [-0.15, -0.1) is 0 Å². The fourth-order valence-corrected chi connectivity index (χ4v) is 8.17. The lowest BCUT2D eigenvalue weighted by molar-refractivity contribution is 0.795. The first-order valence-electron chi connectivity index (χ1n) is 18.7. The van der Waals surface area contributed by atoms with Crippen molar-refractivity contribution in [2.45, 2.75) is 0 Å². The molecule has 56 heavy (non-hydrogen) atoms. The second-order valence-corrected chi connectivity index (χ2v) is 14.1. The monoisotopic (exact) mass is 721 g/mol. The standard InChI is InChI=1S/C50H35N5O/c1-54-43-30-29-34(31-44(43)55(2)50(54)56)35-21-9-15-27-41(35)48-51-47(33-19-7-4-8-20-33)52-49(53-48)42-28-16-14-26-40(42)46-38-24-12-10-22-36(38)45(32-17-5-3-6-18-32)37-23-11-13-25-39(37)46/h3-31H,1-2H3. The minimum atomic E-state index is -0.0611. The van der Waals surface area contributed by atoms with Crippen molar-refractivity contribution < 1.29 is 0 Å². The first-order chi connectivity index (χ1) is 27.5. The van der Waals surface area contributed by atoms with Gasteiger partial charge in [-0.1, -0.05) is 164 Å². The predicted octanol–water partition coefficient (Wildman–Crippen LogP) is 11.4. The average molecular weight is 722 g/mol. The second kappa shape index (κ2) is 13.4. The molecule has 0 fully saturated rings. The molecule has 0 radical (unpaired) electrons. The number of aryl methyl sites for hydroxylation is 2. The van der Waals surface area contributed by atoms with Gasteiger partial charge in [0.1, 0.15) is 0 Å². The van der Waals surface area contributed by atoms with Crippen LogP contribution in [0.25, 0.3) is 100 Å². The van der Waals surface area contributed by atoms with Crippen LogP contribution in [0.2, 0.25) is 0 Å². The molecular formula is C50H35N5O. The van der Waals surface area contributed by atoms with Gasteiger partial charge in [0.25, 0.3) is 0 Å². The van der Waals surface area contributed by atoms with Gasteiger partial charge < -0.3 is 0 Å². The summed E-state index contributed by atoms with van der Waals surface area (Å²) >= 11 is 0. The number of rotatable bonds is 6. The zero-order valence-electron chi connectivity index (χ0n) is 30.9. The lowest BCUT2D eigenvalue weighted by Gasteiger charge is -2.19. The van der Waals surface area contributed by atoms with Crippen LogP contribution in [-0.4, -0.2) is 24.1 Å². The minimum absolute atomic E-state index is 0.0611. The smallest absolute Gasteiger partial charge is 0.295 e. The van der Waals surface area contributed by atoms with Crippen LogP contribution in [0.3, 0.4) is 0 Å². The highest BCUT2D eigenvalue weighted by molar-refractivity contribution is 6.22. The molecule has 0 aliphatic heterocycles. The summed E-state index contributed by atoms with van der Waals surface area (Å²) in [5.41, 5.74) is 10.9. The molecule has 10 rings (SSSR count). The Balaban J connectivity index is 1.23. The summed E-state index contributed by atoms with van der Waals surface area (Å²) in [5, 5.41) is 4.69. The zero-order chi connectivity index (χ0) is 37.8. The van der Waals surface area contributed by atoms with Crippen LogP contribution in [-0.2, 0) is 14.1 Å². The molecule has 0 amide bonds. The molecule has 8 aromatic carbocycles. The van der Waals surface area contributed by atoms with Gasteiger partial charge in [-0.05, 0) is 67.1 Å². The van der Waals surface area contributed by atoms with Gasteiger partial charge in [-0.25, -0.2) is 19.7 Å². The van der Waals surface area contributed by atoms with E-state index in [1.807, 2.05) is 55.6 Å². The molecular weight excluding hydrogens is 687 g/mol. The molecule has 0 aliphatic carbocycles. The van der Waals surface area contributed by atoms with E-state index in [4.69, 9.17) is 15.0 Å². The topological polar surface area (TPSA) is 65.6 Å². The maximum absolute atomic E-state index is 12.8. The number of benzene rings is 8. The maximum Gasteiger partial charge on any atom is 0.328 e. The molecule has 10 aromatic rings. The molecule has 2 heterocycles. The highest BCUT2D eigenvalue weighted by Gasteiger charge is 2.22. The first-order valence-corrected chi connectivity index (χ1v) is 18.7. The molecule has 6 nitrogen and oxygen atoms in total. The first kappa shape index (κ1) is 33.2. The Kier molecular flexibility index (Phi) is 7.96. The summed E-state index contributed by atoms with van der Waals surface area (Å²) in [6, 6.07) is 60.9. The molecule has 0 saturated carbocycles. The van der Waals surface area contributed by atoms with Crippen molar-refractivity contribution in [2.75, 3.05) is 0 Å². The van der Waals surface area contributed by atoms with Gasteiger partial charge >= 0.3 is 5.69 Å². The zero-order valence-corrected chi connectivity index (χ0v) is 30.9. The van der Waals surface area contributed by atoms with Crippen molar-refractivity contribution in [1.82, 2.24) is 24.1 Å². The summed E-state index contributed by atoms with van der Waals surface area (Å²) in [5.74, 6) is 1.74. The van der Waals surface area contributed by atoms with Crippen LogP contribution in [0.5, 0.6) is 0 Å². The Morgan fingerprint density at radius 2 is 0.786 bits per heavy atom. The van der Waals surface area contributed by atoms with Crippen molar-refractivity contribution in [2.24, 2.45) is 14.1 Å². The normalized spacial score (nSPS) is 11.5. The molecule has 0 N–H and O–H groups in total. The number of hydrogen-bond donors (Lipinski definition) is 0. The Morgan fingerprint density at radius 1 is 0.357 bits per heavy atom. The van der Waals surface area contributed by atoms with Crippen LogP contribution >= 0.6 is 0 Å². The van der Waals surface area contributed by atoms with Crippen molar-refractivity contribution in [3.05, 3.63) is 186 Å². The number of nitrogens with zero attached hydrogens (tertiary/aromatic N) is 5. The van der Waals surface area contributed by atoms with E-state index in [1.54, 1.807) is 16.2 Å². The largest absolute Gasteiger partial charge is 0.328 e. The van der Waals surface area contributed by atoms with Gasteiger partial charge in [0.05, 0.1) is 11.0 Å². The van der Waals surface area contributed by atoms with Crippen molar-refractivity contribution in [3.63, 3.8) is 0 Å². The Bertz CT molecular complexity index is 3130. The van der Waals surface area contributed by atoms with Crippen molar-refractivity contribution in [3.8, 4) is 67.5 Å². The van der Waals surface area contributed by atoms with Gasteiger partial charge in [0.15, 0.2) is 17.5 Å². The van der Waals surface area contributed by atoms with E-state index in [0.717, 1.165) is 60.8 Å². The van der Waals surface area contributed by atoms with Crippen LogP contribution in [0.4, 0.5) is 0 Å². The Hall–Kier alpha value is -7.44. The number of imidazole rings is 1. The third-order valence-electron chi connectivity index (χ3n) is 10.8. The van der Waals surface area contributed by atoms with Gasteiger partial charge in [0, 0.05) is 30.8 Å². The van der Waals surface area contributed by atoms with Crippen molar-refractivity contribution in [1.29, 1.82) is 0 Å². The molecule has 0 bridgehead atoms. The predicted molar refractivity (Wildman–Crippen MR) is 229 cm³/mol. The maximum atomic E-state index is 12.8. The lowest BCUT2D eigenvalue weighted by Crippen LogP contribution is -2.19. The molecule has 0 aliphatic rings. The highest BCUT2D eigenvalue weighted by atomic mass is 16.1. The summed E-state index contributed by atoms with van der Waals surface area (Å²) < 4.78 is 3.36. The summed E-state index contributed by atoms with van der Waals surface area (Å²) in [6.45, 7) is 0. The Labute approximate surface area is 323 Å². The summed E-state index contributed by atoms with van der Waals surface area (Å²) in [7, 11) is 3.61. The fraction of sp³-hybridized carbons (Fsp3) is 0.0400. The number of hydrogen-bond acceptors (Lipinski definition) is 4. The van der Waals surface area contributed by atoms with Crippen LogP contribution < -0.4 is 5.69 Å². The molecule has 0 atom stereocenters. The van der Waals surface area contributed by atoms with E-state index in [-0.39, 0.29) is 5.69 Å². The van der Waals surface area contributed by atoms with Crippen molar-refractivity contribution >= 4 is 32.6 Å². The molecule has 0 saturated heterocycles. The summed E-state index contributed by atoms with van der Waals surface area (Å²) in [6.07, 6.45) is 0. The molecule has 0 spiro atoms. The van der Waals surface area contributed by atoms with E-state index in [9.17, 15) is 4.79 Å². The molecule has 2 aromatic heterocycles. The Morgan fingerprint density at radius 3 is 1.38 bits per heavy atom. The van der Waals surface area contributed by atoms with Gasteiger partial charge in [0.2, 0.25) is 0 Å². The number of fused-ring (bicyclic) bond motifs is 3. The van der Waals surface area contributed by atoms with Crippen LogP contribution in [0.1, 0.15) is 0 Å². The quantitative estimate of drug-likeness (QED) is 0.160. The minimum Gasteiger partial charge on any atom is -0.295 e. The molecule has 6 heteroatoms. The second-order valence-electron chi connectivity index (χ2n) is 14.1. The average Bonchev–Trinajstić information content (AvgIpc) is 3.48.